The first-order valence-corrected chi connectivity index (χ1v) is 5.53. The van der Waals surface area contributed by atoms with Gasteiger partial charge in [-0.15, -0.1) is 0 Å². The highest BCUT2D eigenvalue weighted by atomic mass is 35.5. The molecule has 0 N–H and O–H groups in total. The molecule has 0 radical (unpaired) electrons. The fourth-order valence-corrected chi connectivity index (χ4v) is 1.82. The summed E-state index contributed by atoms with van der Waals surface area (Å²) in [5.41, 5.74) is 1.79. The van der Waals surface area contributed by atoms with Gasteiger partial charge in [-0.05, 0) is 30.3 Å². The van der Waals surface area contributed by atoms with Gasteiger partial charge >= 0.3 is 0 Å². The minimum atomic E-state index is 0.602. The van der Waals surface area contributed by atoms with Crippen molar-refractivity contribution < 1.29 is 0 Å². The molecule has 2 rings (SSSR count). The molecule has 0 spiro atoms. The predicted octanol–water partition coefficient (Wildman–Crippen LogP) is 4.39. The van der Waals surface area contributed by atoms with Crippen LogP contribution in [-0.4, -0.2) is 0 Å². The summed E-state index contributed by atoms with van der Waals surface area (Å²) in [7, 11) is 0. The van der Waals surface area contributed by atoms with Gasteiger partial charge < -0.3 is 0 Å². The van der Waals surface area contributed by atoms with E-state index in [1.807, 2.05) is 30.3 Å². The quantitative estimate of drug-likeness (QED) is 0.605. The molecule has 2 aromatic carbocycles. The average Bonchev–Trinajstić information content (AvgIpc) is 2.27. The number of rotatable bonds is 0. The maximum Gasteiger partial charge on any atom is 0.0433 e. The maximum absolute atomic E-state index is 5.88. The summed E-state index contributed by atoms with van der Waals surface area (Å²) < 4.78 is 0. The molecule has 0 fully saturated rings. The first-order chi connectivity index (χ1) is 7.74. The van der Waals surface area contributed by atoms with Crippen LogP contribution in [0.4, 0.5) is 0 Å². The van der Waals surface area contributed by atoms with E-state index in [9.17, 15) is 0 Å². The molecule has 0 aliphatic carbocycles. The molecule has 0 amide bonds. The minimum absolute atomic E-state index is 0.602. The highest BCUT2D eigenvalue weighted by Crippen LogP contribution is 2.18. The van der Waals surface area contributed by atoms with Gasteiger partial charge in [-0.2, -0.15) is 0 Å². The molecule has 0 aromatic heterocycles. The minimum Gasteiger partial charge on any atom is -0.0842 e. The highest BCUT2D eigenvalue weighted by Gasteiger charge is 1.94. The summed E-state index contributed by atoms with van der Waals surface area (Å²) >= 11 is 11.8. The van der Waals surface area contributed by atoms with E-state index in [1.54, 1.807) is 18.2 Å². The van der Waals surface area contributed by atoms with Gasteiger partial charge in [0, 0.05) is 21.2 Å². The molecule has 2 heteroatoms. The Morgan fingerprint density at radius 2 is 1.25 bits per heavy atom. The van der Waals surface area contributed by atoms with Crippen LogP contribution >= 0.6 is 23.2 Å². The summed E-state index contributed by atoms with van der Waals surface area (Å²) in [4.78, 5) is 0. The molecule has 0 bridgehead atoms. The Bertz CT molecular complexity index is 528. The van der Waals surface area contributed by atoms with Crippen molar-refractivity contribution in [2.45, 2.75) is 0 Å². The zero-order chi connectivity index (χ0) is 11.4. The van der Waals surface area contributed by atoms with Gasteiger partial charge in [0.25, 0.3) is 0 Å². The summed E-state index contributed by atoms with van der Waals surface area (Å²) in [6.45, 7) is 0. The monoisotopic (exact) mass is 246 g/mol. The molecular formula is C14H8Cl2. The van der Waals surface area contributed by atoms with Crippen molar-refractivity contribution in [2.24, 2.45) is 0 Å². The standard InChI is InChI=1S/C14H8Cl2/c15-13-8-12(9-14(16)10-13)7-6-11-4-2-1-3-5-11/h1-5,8-10H. The first-order valence-electron chi connectivity index (χ1n) is 4.77. The number of hydrogen-bond acceptors (Lipinski definition) is 0. The first kappa shape index (κ1) is 11.1. The van der Waals surface area contributed by atoms with Crippen LogP contribution in [0.1, 0.15) is 11.1 Å². The molecular weight excluding hydrogens is 239 g/mol. The number of hydrogen-bond donors (Lipinski definition) is 0. The molecule has 0 nitrogen and oxygen atoms in total. The lowest BCUT2D eigenvalue weighted by molar-refractivity contribution is 1.62. The topological polar surface area (TPSA) is 0 Å². The molecule has 78 valence electrons. The molecule has 0 aliphatic heterocycles. The third kappa shape index (κ3) is 3.03. The van der Waals surface area contributed by atoms with Gasteiger partial charge in [-0.1, -0.05) is 53.2 Å². The fraction of sp³-hybridized carbons (Fsp3) is 0. The van der Waals surface area contributed by atoms with Crippen molar-refractivity contribution >= 4 is 23.2 Å². The van der Waals surface area contributed by atoms with Gasteiger partial charge in [0.15, 0.2) is 0 Å². The van der Waals surface area contributed by atoms with Crippen molar-refractivity contribution in [1.82, 2.24) is 0 Å². The molecule has 16 heavy (non-hydrogen) atoms. The van der Waals surface area contributed by atoms with Gasteiger partial charge in [-0.25, -0.2) is 0 Å². The third-order valence-electron chi connectivity index (χ3n) is 1.99. The second-order valence-corrected chi connectivity index (χ2v) is 4.15. The Labute approximate surface area is 105 Å². The molecule has 0 aliphatic rings. The second kappa shape index (κ2) is 5.07. The summed E-state index contributed by atoms with van der Waals surface area (Å²) in [5.74, 6) is 6.07. The van der Waals surface area contributed by atoms with Crippen molar-refractivity contribution in [3.8, 4) is 11.8 Å². The van der Waals surface area contributed by atoms with E-state index in [0.717, 1.165) is 11.1 Å². The van der Waals surface area contributed by atoms with E-state index in [0.29, 0.717) is 10.0 Å². The van der Waals surface area contributed by atoms with Gasteiger partial charge in [0.2, 0.25) is 0 Å². The smallest absolute Gasteiger partial charge is 0.0433 e. The molecule has 2 aromatic rings. The van der Waals surface area contributed by atoms with Gasteiger partial charge in [0.05, 0.1) is 0 Å². The largest absolute Gasteiger partial charge is 0.0842 e. The predicted molar refractivity (Wildman–Crippen MR) is 68.9 cm³/mol. The van der Waals surface area contributed by atoms with Crippen molar-refractivity contribution in [3.63, 3.8) is 0 Å². The lowest BCUT2D eigenvalue weighted by Crippen LogP contribution is -1.76. The average molecular weight is 247 g/mol. The van der Waals surface area contributed by atoms with Crippen LogP contribution in [0.5, 0.6) is 0 Å². The lowest BCUT2D eigenvalue weighted by atomic mass is 10.2. The zero-order valence-corrected chi connectivity index (χ0v) is 9.89. The van der Waals surface area contributed by atoms with E-state index in [4.69, 9.17) is 23.2 Å². The van der Waals surface area contributed by atoms with Gasteiger partial charge in [-0.3, -0.25) is 0 Å². The number of benzene rings is 2. The van der Waals surface area contributed by atoms with Crippen LogP contribution in [0.3, 0.4) is 0 Å². The zero-order valence-electron chi connectivity index (χ0n) is 8.37. The van der Waals surface area contributed by atoms with Crippen molar-refractivity contribution in [1.29, 1.82) is 0 Å². The normalized spacial score (nSPS) is 9.38. The van der Waals surface area contributed by atoms with Crippen LogP contribution in [0, 0.1) is 11.8 Å². The highest BCUT2D eigenvalue weighted by molar-refractivity contribution is 6.34. The third-order valence-corrected chi connectivity index (χ3v) is 2.42. The number of halogens is 2. The van der Waals surface area contributed by atoms with E-state index in [2.05, 4.69) is 11.8 Å². The van der Waals surface area contributed by atoms with Crippen molar-refractivity contribution in [3.05, 3.63) is 69.7 Å². The van der Waals surface area contributed by atoms with Crippen LogP contribution in [-0.2, 0) is 0 Å². The molecule has 0 unspecified atom stereocenters. The molecule has 0 saturated carbocycles. The van der Waals surface area contributed by atoms with E-state index >= 15 is 0 Å². The van der Waals surface area contributed by atoms with Crippen LogP contribution < -0.4 is 0 Å². The maximum atomic E-state index is 5.88. The fourth-order valence-electron chi connectivity index (χ4n) is 1.29. The summed E-state index contributed by atoms with van der Waals surface area (Å²) in [5, 5.41) is 1.20. The van der Waals surface area contributed by atoms with Crippen LogP contribution in [0.2, 0.25) is 10.0 Å². The Hall–Kier alpha value is -1.42. The molecule has 0 atom stereocenters. The Morgan fingerprint density at radius 3 is 1.88 bits per heavy atom. The lowest BCUT2D eigenvalue weighted by Gasteiger charge is -1.94. The van der Waals surface area contributed by atoms with E-state index in [-0.39, 0.29) is 0 Å². The Kier molecular flexibility index (Phi) is 3.51. The van der Waals surface area contributed by atoms with Gasteiger partial charge in [0.1, 0.15) is 0 Å². The molecule has 0 saturated heterocycles. The second-order valence-electron chi connectivity index (χ2n) is 3.27. The summed E-state index contributed by atoms with van der Waals surface area (Å²) in [6.07, 6.45) is 0. The van der Waals surface area contributed by atoms with Crippen LogP contribution in [0.25, 0.3) is 0 Å². The SMILES string of the molecule is Clc1cc(Cl)cc(C#Cc2ccccc2)c1. The van der Waals surface area contributed by atoms with E-state index < -0.39 is 0 Å². The van der Waals surface area contributed by atoms with Crippen molar-refractivity contribution in [2.75, 3.05) is 0 Å². The summed E-state index contributed by atoms with van der Waals surface area (Å²) in [6, 6.07) is 15.1. The Balaban J connectivity index is 2.31. The Morgan fingerprint density at radius 1 is 0.688 bits per heavy atom. The van der Waals surface area contributed by atoms with E-state index in [1.165, 1.54) is 0 Å². The molecule has 0 heterocycles. The van der Waals surface area contributed by atoms with Crippen LogP contribution in [0.15, 0.2) is 48.5 Å².